The average Bonchev–Trinajstić information content (AvgIpc) is 2.89. The van der Waals surface area contributed by atoms with Gasteiger partial charge in [-0.1, -0.05) is 6.07 Å². The number of carbonyl (C=O) groups excluding carboxylic acids is 1. The molecule has 1 atom stereocenters. The van der Waals surface area contributed by atoms with Gasteiger partial charge in [0.1, 0.15) is 0 Å². The molecular weight excluding hydrogens is 264 g/mol. The molecule has 1 amide bonds. The summed E-state index contributed by atoms with van der Waals surface area (Å²) in [6.45, 7) is 0.834. The molecule has 0 aromatic heterocycles. The summed E-state index contributed by atoms with van der Waals surface area (Å²) in [5, 5.41) is 8.86. The van der Waals surface area contributed by atoms with Crippen LogP contribution in [0.2, 0.25) is 0 Å². The number of nitrogens with zero attached hydrogens (tertiary/aromatic N) is 1. The van der Waals surface area contributed by atoms with E-state index < -0.39 is 11.6 Å². The zero-order valence-corrected chi connectivity index (χ0v) is 11.3. The van der Waals surface area contributed by atoms with Crippen molar-refractivity contribution in [3.63, 3.8) is 0 Å². The van der Waals surface area contributed by atoms with Crippen LogP contribution in [0, 0.1) is 11.6 Å². The van der Waals surface area contributed by atoms with E-state index in [4.69, 9.17) is 5.11 Å². The molecule has 0 spiro atoms. The van der Waals surface area contributed by atoms with Crippen molar-refractivity contribution in [1.82, 2.24) is 4.90 Å². The minimum atomic E-state index is -0.923. The second kappa shape index (κ2) is 6.79. The lowest BCUT2D eigenvalue weighted by Crippen LogP contribution is -2.36. The summed E-state index contributed by atoms with van der Waals surface area (Å²) >= 11 is 0. The quantitative estimate of drug-likeness (QED) is 0.900. The molecule has 1 aromatic rings. The summed E-state index contributed by atoms with van der Waals surface area (Å²) in [5.41, 5.74) is 0.488. The van der Waals surface area contributed by atoms with Crippen molar-refractivity contribution in [3.05, 3.63) is 35.4 Å². The normalized spacial score (nSPS) is 18.6. The molecule has 0 saturated carbocycles. The number of benzene rings is 1. The van der Waals surface area contributed by atoms with E-state index in [-0.39, 0.29) is 25.0 Å². The lowest BCUT2D eigenvalue weighted by atomic mass is 10.1. The Hall–Kier alpha value is -1.49. The predicted molar refractivity (Wildman–Crippen MR) is 71.1 cm³/mol. The number of amides is 1. The Kier molecular flexibility index (Phi) is 5.06. The number of halogens is 2. The van der Waals surface area contributed by atoms with Gasteiger partial charge in [0.05, 0.1) is 6.42 Å². The third kappa shape index (κ3) is 3.54. The van der Waals surface area contributed by atoms with Gasteiger partial charge in [-0.05, 0) is 43.4 Å². The summed E-state index contributed by atoms with van der Waals surface area (Å²) in [5.74, 6) is -1.88. The Labute approximate surface area is 117 Å². The second-order valence-electron chi connectivity index (χ2n) is 5.17. The fourth-order valence-corrected chi connectivity index (χ4v) is 2.72. The SMILES string of the molecule is O=C(Cc1ccc(F)c(F)c1)N1CCCC1CCCO. The maximum atomic E-state index is 13.1. The molecule has 110 valence electrons. The molecule has 1 saturated heterocycles. The van der Waals surface area contributed by atoms with Gasteiger partial charge in [0.2, 0.25) is 5.91 Å². The van der Waals surface area contributed by atoms with Gasteiger partial charge in [-0.25, -0.2) is 8.78 Å². The molecule has 1 aliphatic heterocycles. The minimum absolute atomic E-state index is 0.0588. The van der Waals surface area contributed by atoms with Gasteiger partial charge in [-0.15, -0.1) is 0 Å². The number of aliphatic hydroxyl groups is 1. The number of rotatable bonds is 5. The standard InChI is InChI=1S/C15H19F2NO2/c16-13-6-5-11(9-14(13)17)10-15(20)18-7-1-3-12(18)4-2-8-19/h5-6,9,12,19H,1-4,7-8,10H2. The van der Waals surface area contributed by atoms with Crippen molar-refractivity contribution >= 4 is 5.91 Å². The Morgan fingerprint density at radius 3 is 2.85 bits per heavy atom. The lowest BCUT2D eigenvalue weighted by molar-refractivity contribution is -0.131. The third-order valence-corrected chi connectivity index (χ3v) is 3.73. The molecule has 1 heterocycles. The molecule has 1 fully saturated rings. The number of likely N-dealkylation sites (tertiary alicyclic amines) is 1. The lowest BCUT2D eigenvalue weighted by Gasteiger charge is -2.24. The molecule has 5 heteroatoms. The summed E-state index contributed by atoms with van der Waals surface area (Å²) in [4.78, 5) is 14.0. The van der Waals surface area contributed by atoms with E-state index in [1.54, 1.807) is 4.90 Å². The first-order chi connectivity index (χ1) is 9.61. The highest BCUT2D eigenvalue weighted by atomic mass is 19.2. The Morgan fingerprint density at radius 1 is 1.35 bits per heavy atom. The molecule has 1 aromatic carbocycles. The van der Waals surface area contributed by atoms with Crippen LogP contribution in [0.3, 0.4) is 0 Å². The maximum absolute atomic E-state index is 13.1. The molecule has 1 aliphatic rings. The van der Waals surface area contributed by atoms with Crippen LogP contribution in [0.5, 0.6) is 0 Å². The Bertz CT molecular complexity index is 479. The summed E-state index contributed by atoms with van der Waals surface area (Å²) in [7, 11) is 0. The van der Waals surface area contributed by atoms with Crippen molar-refractivity contribution < 1.29 is 18.7 Å². The molecule has 0 aliphatic carbocycles. The van der Waals surface area contributed by atoms with E-state index in [9.17, 15) is 13.6 Å². The van der Waals surface area contributed by atoms with Gasteiger partial charge in [0.15, 0.2) is 11.6 Å². The van der Waals surface area contributed by atoms with Gasteiger partial charge in [0, 0.05) is 19.2 Å². The van der Waals surface area contributed by atoms with Crippen LogP contribution >= 0.6 is 0 Å². The van der Waals surface area contributed by atoms with Crippen LogP contribution in [-0.2, 0) is 11.2 Å². The first kappa shape index (κ1) is 14.9. The number of hydrogen-bond acceptors (Lipinski definition) is 2. The van der Waals surface area contributed by atoms with E-state index in [1.165, 1.54) is 6.07 Å². The number of hydrogen-bond donors (Lipinski definition) is 1. The van der Waals surface area contributed by atoms with Gasteiger partial charge < -0.3 is 10.0 Å². The van der Waals surface area contributed by atoms with Gasteiger partial charge >= 0.3 is 0 Å². The van der Waals surface area contributed by atoms with Crippen LogP contribution in [0.1, 0.15) is 31.2 Å². The highest BCUT2D eigenvalue weighted by Gasteiger charge is 2.28. The molecule has 0 radical (unpaired) electrons. The van der Waals surface area contributed by atoms with Crippen LogP contribution in [0.25, 0.3) is 0 Å². The molecule has 1 unspecified atom stereocenters. The Balaban J connectivity index is 1.98. The molecule has 2 rings (SSSR count). The first-order valence-corrected chi connectivity index (χ1v) is 6.96. The van der Waals surface area contributed by atoms with Crippen molar-refractivity contribution in [2.45, 2.75) is 38.1 Å². The minimum Gasteiger partial charge on any atom is -0.396 e. The second-order valence-corrected chi connectivity index (χ2v) is 5.17. The van der Waals surface area contributed by atoms with Crippen molar-refractivity contribution in [2.75, 3.05) is 13.2 Å². The van der Waals surface area contributed by atoms with Crippen molar-refractivity contribution in [3.8, 4) is 0 Å². The molecule has 1 N–H and O–H groups in total. The molecule has 0 bridgehead atoms. The highest BCUT2D eigenvalue weighted by Crippen LogP contribution is 2.22. The topological polar surface area (TPSA) is 40.5 Å². The molecular formula is C15H19F2NO2. The maximum Gasteiger partial charge on any atom is 0.227 e. The van der Waals surface area contributed by atoms with E-state index in [1.807, 2.05) is 0 Å². The van der Waals surface area contributed by atoms with Crippen LogP contribution in [0.15, 0.2) is 18.2 Å². The smallest absolute Gasteiger partial charge is 0.227 e. The fourth-order valence-electron chi connectivity index (χ4n) is 2.72. The van der Waals surface area contributed by atoms with E-state index >= 15 is 0 Å². The van der Waals surface area contributed by atoms with Crippen LogP contribution in [-0.4, -0.2) is 35.1 Å². The fraction of sp³-hybridized carbons (Fsp3) is 0.533. The van der Waals surface area contributed by atoms with Crippen LogP contribution < -0.4 is 0 Å². The molecule has 20 heavy (non-hydrogen) atoms. The predicted octanol–water partition coefficient (Wildman–Crippen LogP) is 2.27. The van der Waals surface area contributed by atoms with E-state index in [2.05, 4.69) is 0 Å². The number of aliphatic hydroxyl groups excluding tert-OH is 1. The first-order valence-electron chi connectivity index (χ1n) is 6.96. The Morgan fingerprint density at radius 2 is 2.15 bits per heavy atom. The highest BCUT2D eigenvalue weighted by molar-refractivity contribution is 5.79. The van der Waals surface area contributed by atoms with E-state index in [0.717, 1.165) is 31.4 Å². The van der Waals surface area contributed by atoms with Gasteiger partial charge in [0.25, 0.3) is 0 Å². The summed E-state index contributed by atoms with van der Waals surface area (Å²) < 4.78 is 26.0. The zero-order valence-electron chi connectivity index (χ0n) is 11.3. The van der Waals surface area contributed by atoms with Gasteiger partial charge in [-0.3, -0.25) is 4.79 Å². The monoisotopic (exact) mass is 283 g/mol. The van der Waals surface area contributed by atoms with Crippen molar-refractivity contribution in [1.29, 1.82) is 0 Å². The summed E-state index contributed by atoms with van der Waals surface area (Å²) in [6, 6.07) is 3.73. The van der Waals surface area contributed by atoms with Gasteiger partial charge in [-0.2, -0.15) is 0 Å². The molecule has 3 nitrogen and oxygen atoms in total. The summed E-state index contributed by atoms with van der Waals surface area (Å²) in [6.07, 6.45) is 3.47. The van der Waals surface area contributed by atoms with E-state index in [0.29, 0.717) is 18.5 Å². The zero-order chi connectivity index (χ0) is 14.5. The third-order valence-electron chi connectivity index (χ3n) is 3.73. The largest absolute Gasteiger partial charge is 0.396 e. The average molecular weight is 283 g/mol. The number of carbonyl (C=O) groups is 1. The van der Waals surface area contributed by atoms with Crippen LogP contribution in [0.4, 0.5) is 8.78 Å². The van der Waals surface area contributed by atoms with Crippen molar-refractivity contribution in [2.24, 2.45) is 0 Å².